The summed E-state index contributed by atoms with van der Waals surface area (Å²) in [6.07, 6.45) is 3.35. The number of amides is 1. The van der Waals surface area contributed by atoms with Crippen molar-refractivity contribution >= 4 is 34.2 Å². The molecule has 9 heteroatoms. The lowest BCUT2D eigenvalue weighted by Gasteiger charge is -2.30. The zero-order valence-electron chi connectivity index (χ0n) is 11.3. The number of rotatable bonds is 8. The molecular formula is C11H20N2O5S2. The highest BCUT2D eigenvalue weighted by Gasteiger charge is 2.26. The van der Waals surface area contributed by atoms with E-state index >= 15 is 0 Å². The van der Waals surface area contributed by atoms with Crippen molar-refractivity contribution in [1.82, 2.24) is 9.62 Å². The normalized spacial score (nSPS) is 22.1. The van der Waals surface area contributed by atoms with E-state index in [1.165, 1.54) is 22.3 Å². The molecule has 2 atom stereocenters. The minimum Gasteiger partial charge on any atom is -0.480 e. The van der Waals surface area contributed by atoms with Gasteiger partial charge < -0.3 is 10.4 Å². The molecule has 20 heavy (non-hydrogen) atoms. The van der Waals surface area contributed by atoms with E-state index in [1.807, 2.05) is 0 Å². The molecule has 2 unspecified atom stereocenters. The summed E-state index contributed by atoms with van der Waals surface area (Å²) in [7, 11) is -3.15. The molecular weight excluding hydrogens is 304 g/mol. The van der Waals surface area contributed by atoms with Gasteiger partial charge in [0.05, 0.1) is 6.26 Å². The maximum atomic E-state index is 11.5. The Labute approximate surface area is 123 Å². The smallest absolute Gasteiger partial charge is 0.327 e. The summed E-state index contributed by atoms with van der Waals surface area (Å²) in [6.45, 7) is 1.05. The lowest BCUT2D eigenvalue weighted by atomic mass is 10.0. The Morgan fingerprint density at radius 1 is 1.60 bits per heavy atom. The van der Waals surface area contributed by atoms with Gasteiger partial charge in [-0.25, -0.2) is 17.5 Å². The van der Waals surface area contributed by atoms with E-state index in [-0.39, 0.29) is 11.7 Å². The summed E-state index contributed by atoms with van der Waals surface area (Å²) in [5.41, 5.74) is 0. The van der Waals surface area contributed by atoms with Gasteiger partial charge in [0.2, 0.25) is 16.4 Å². The van der Waals surface area contributed by atoms with Crippen molar-refractivity contribution in [2.75, 3.05) is 30.9 Å². The molecule has 1 aliphatic rings. The Hall–Kier alpha value is -0.800. The van der Waals surface area contributed by atoms with E-state index in [0.717, 1.165) is 12.8 Å². The number of carboxylic acid groups (broad SMARTS) is 1. The molecule has 0 aromatic heterocycles. The number of nitrogens with zero attached hydrogens (tertiary/aromatic N) is 1. The molecule has 0 aromatic rings. The second-order valence-electron chi connectivity index (χ2n) is 4.84. The molecule has 1 aliphatic heterocycles. The average Bonchev–Trinajstić information content (AvgIpc) is 2.37. The minimum atomic E-state index is -3.15. The molecule has 0 saturated carbocycles. The first-order chi connectivity index (χ1) is 9.34. The third-order valence-corrected chi connectivity index (χ3v) is 5.70. The second kappa shape index (κ2) is 7.84. The topological polar surface area (TPSA) is 104 Å². The van der Waals surface area contributed by atoms with Crippen LogP contribution >= 0.6 is 11.8 Å². The summed E-state index contributed by atoms with van der Waals surface area (Å²) in [5, 5.41) is 11.1. The van der Waals surface area contributed by atoms with E-state index < -0.39 is 22.0 Å². The van der Waals surface area contributed by atoms with E-state index in [9.17, 15) is 18.0 Å². The molecule has 0 spiro atoms. The van der Waals surface area contributed by atoms with Gasteiger partial charge in [-0.15, -0.1) is 0 Å². The first-order valence-corrected chi connectivity index (χ1v) is 9.30. The van der Waals surface area contributed by atoms with Crippen LogP contribution in [-0.4, -0.2) is 67.1 Å². The molecule has 0 aliphatic carbocycles. The highest BCUT2D eigenvalue weighted by molar-refractivity contribution is 7.99. The predicted octanol–water partition coefficient (Wildman–Crippen LogP) is -0.410. The Bertz CT molecular complexity index is 440. The van der Waals surface area contributed by atoms with Gasteiger partial charge in [0.25, 0.3) is 0 Å². The number of carbonyl (C=O) groups is 2. The van der Waals surface area contributed by atoms with Crippen LogP contribution < -0.4 is 5.32 Å². The molecule has 1 heterocycles. The number of carbonyl (C=O) groups excluding carboxylic acids is 1. The summed E-state index contributed by atoms with van der Waals surface area (Å²) >= 11 is 1.43. The fraction of sp³-hybridized carbons (Fsp3) is 0.818. The van der Waals surface area contributed by atoms with Crippen molar-refractivity contribution in [3.63, 3.8) is 0 Å². The van der Waals surface area contributed by atoms with Crippen LogP contribution in [0.1, 0.15) is 12.8 Å². The van der Waals surface area contributed by atoms with E-state index in [2.05, 4.69) is 5.32 Å². The molecule has 1 saturated heterocycles. The molecule has 1 fully saturated rings. The zero-order chi connectivity index (χ0) is 15.2. The van der Waals surface area contributed by atoms with Crippen LogP contribution in [0.15, 0.2) is 0 Å². The largest absolute Gasteiger partial charge is 0.480 e. The third-order valence-electron chi connectivity index (χ3n) is 3.16. The number of hydrogen-bond donors (Lipinski definition) is 2. The van der Waals surface area contributed by atoms with Gasteiger partial charge in [-0.2, -0.15) is 11.8 Å². The average molecular weight is 324 g/mol. The second-order valence-corrected chi connectivity index (χ2v) is 7.90. The molecule has 0 bridgehead atoms. The van der Waals surface area contributed by atoms with Crippen LogP contribution in [0.2, 0.25) is 0 Å². The molecule has 2 N–H and O–H groups in total. The highest BCUT2D eigenvalue weighted by atomic mass is 32.2. The van der Waals surface area contributed by atoms with Crippen molar-refractivity contribution in [3.8, 4) is 0 Å². The number of aliphatic carboxylic acids is 1. The highest BCUT2D eigenvalue weighted by Crippen LogP contribution is 2.22. The summed E-state index contributed by atoms with van der Waals surface area (Å²) < 4.78 is 24.4. The first kappa shape index (κ1) is 17.3. The summed E-state index contributed by atoms with van der Waals surface area (Å²) in [5.74, 6) is 0.139. The van der Waals surface area contributed by atoms with Crippen molar-refractivity contribution in [3.05, 3.63) is 0 Å². The number of piperidine rings is 1. The predicted molar refractivity (Wildman–Crippen MR) is 77.1 cm³/mol. The fourth-order valence-electron chi connectivity index (χ4n) is 2.09. The lowest BCUT2D eigenvalue weighted by molar-refractivity contribution is -0.139. The summed E-state index contributed by atoms with van der Waals surface area (Å²) in [4.78, 5) is 21.1. The van der Waals surface area contributed by atoms with E-state index in [0.29, 0.717) is 25.3 Å². The van der Waals surface area contributed by atoms with Crippen LogP contribution in [0.5, 0.6) is 0 Å². The molecule has 0 radical (unpaired) electrons. The van der Waals surface area contributed by atoms with Crippen LogP contribution in [0.3, 0.4) is 0 Å². The fourth-order valence-corrected chi connectivity index (χ4v) is 4.25. The number of thioether (sulfide) groups is 1. The Morgan fingerprint density at radius 3 is 2.85 bits per heavy atom. The molecule has 1 rings (SSSR count). The summed E-state index contributed by atoms with van der Waals surface area (Å²) in [6, 6.07) is -0.896. The minimum absolute atomic E-state index is 0.231. The monoisotopic (exact) mass is 324 g/mol. The number of nitrogens with one attached hydrogen (secondary N) is 1. The van der Waals surface area contributed by atoms with Gasteiger partial charge >= 0.3 is 5.97 Å². The van der Waals surface area contributed by atoms with E-state index in [4.69, 9.17) is 5.11 Å². The van der Waals surface area contributed by atoms with Crippen LogP contribution in [-0.2, 0) is 19.6 Å². The van der Waals surface area contributed by atoms with Gasteiger partial charge in [0, 0.05) is 18.8 Å². The van der Waals surface area contributed by atoms with E-state index in [1.54, 1.807) is 0 Å². The van der Waals surface area contributed by atoms with Gasteiger partial charge in [0.15, 0.2) is 0 Å². The zero-order valence-corrected chi connectivity index (χ0v) is 13.0. The van der Waals surface area contributed by atoms with Gasteiger partial charge in [0.1, 0.15) is 6.04 Å². The molecule has 0 aromatic carbocycles. The van der Waals surface area contributed by atoms with Crippen LogP contribution in [0, 0.1) is 5.92 Å². The van der Waals surface area contributed by atoms with Crippen LogP contribution in [0.25, 0.3) is 0 Å². The van der Waals surface area contributed by atoms with Crippen LogP contribution in [0.4, 0.5) is 0 Å². The van der Waals surface area contributed by atoms with Gasteiger partial charge in [-0.3, -0.25) is 4.79 Å². The number of sulfonamides is 1. The van der Waals surface area contributed by atoms with Crippen molar-refractivity contribution in [1.29, 1.82) is 0 Å². The lowest BCUT2D eigenvalue weighted by Crippen LogP contribution is -2.40. The standard InChI is InChI=1S/C11H20N2O5S2/c1-20(17,18)13-4-2-3-9(5-13)6-19-7-10(11(15)16)12-8-14/h8-10H,2-7H2,1H3,(H,12,14)(H,15,16). The SMILES string of the molecule is CS(=O)(=O)N1CCCC(CSCC(NC=O)C(=O)O)C1. The first-order valence-electron chi connectivity index (χ1n) is 6.30. The molecule has 1 amide bonds. The molecule has 116 valence electrons. The molecule has 7 nitrogen and oxygen atoms in total. The van der Waals surface area contributed by atoms with Gasteiger partial charge in [-0.1, -0.05) is 0 Å². The quantitative estimate of drug-likeness (QED) is 0.588. The van der Waals surface area contributed by atoms with Gasteiger partial charge in [-0.05, 0) is 24.5 Å². The van der Waals surface area contributed by atoms with Crippen molar-refractivity contribution < 1.29 is 23.1 Å². The van der Waals surface area contributed by atoms with Crippen molar-refractivity contribution in [2.24, 2.45) is 5.92 Å². The Morgan fingerprint density at radius 2 is 2.30 bits per heavy atom. The Kier molecular flexibility index (Phi) is 6.77. The third kappa shape index (κ3) is 5.68. The Balaban J connectivity index is 2.38. The van der Waals surface area contributed by atoms with Crippen molar-refractivity contribution in [2.45, 2.75) is 18.9 Å². The number of carboxylic acids is 1. The maximum absolute atomic E-state index is 11.5. The number of hydrogen-bond acceptors (Lipinski definition) is 5. The maximum Gasteiger partial charge on any atom is 0.327 e.